The Bertz CT molecular complexity index is 1090. The first-order valence-corrected chi connectivity index (χ1v) is 11.8. The minimum Gasteiger partial charge on any atom is -0.496 e. The maximum atomic E-state index is 13.0. The number of nitrogens with zero attached hydrogens (tertiary/aromatic N) is 2. The smallest absolute Gasteiger partial charge is 0.255 e. The number of para-hydroxylation sites is 1. The zero-order valence-electron chi connectivity index (χ0n) is 19.2. The standard InChI is InChI=1S/C27H31N3O3/c1-18-7-10-24(26(31)28-18)30-17-22-15-20(8-9-23(22)27(30)32)19-11-13-29(14-12-19)16-21-5-3-4-6-25(21)33-2/h3-6,8-9,15,19,24H,1,7,10-14,16-17H2,2H3,(H,28,31). The van der Waals surface area contributed by atoms with Crippen LogP contribution in [0.4, 0.5) is 0 Å². The van der Waals surface area contributed by atoms with E-state index < -0.39 is 6.04 Å². The number of ether oxygens (including phenoxy) is 1. The molecule has 2 aromatic rings. The molecule has 0 aliphatic carbocycles. The first kappa shape index (κ1) is 21.7. The molecule has 0 saturated carbocycles. The molecule has 2 aromatic carbocycles. The van der Waals surface area contributed by atoms with Crippen LogP contribution in [0.5, 0.6) is 5.75 Å². The second-order valence-corrected chi connectivity index (χ2v) is 9.36. The summed E-state index contributed by atoms with van der Waals surface area (Å²) in [6.45, 7) is 7.33. The second-order valence-electron chi connectivity index (χ2n) is 9.36. The van der Waals surface area contributed by atoms with Crippen molar-refractivity contribution in [1.82, 2.24) is 15.1 Å². The van der Waals surface area contributed by atoms with Gasteiger partial charge < -0.3 is 15.0 Å². The average Bonchev–Trinajstić information content (AvgIpc) is 3.15. The van der Waals surface area contributed by atoms with Gasteiger partial charge >= 0.3 is 0 Å². The molecule has 172 valence electrons. The van der Waals surface area contributed by atoms with E-state index in [0.717, 1.165) is 61.5 Å². The van der Waals surface area contributed by atoms with Crippen molar-refractivity contribution in [2.24, 2.45) is 0 Å². The Morgan fingerprint density at radius 3 is 2.64 bits per heavy atom. The van der Waals surface area contributed by atoms with Crippen molar-refractivity contribution >= 4 is 11.8 Å². The molecule has 1 unspecified atom stereocenters. The highest BCUT2D eigenvalue weighted by Crippen LogP contribution is 2.34. The molecule has 2 saturated heterocycles. The van der Waals surface area contributed by atoms with Gasteiger partial charge in [0.15, 0.2) is 0 Å². The fourth-order valence-electron chi connectivity index (χ4n) is 5.43. The van der Waals surface area contributed by atoms with Crippen LogP contribution in [0.25, 0.3) is 0 Å². The topological polar surface area (TPSA) is 61.9 Å². The lowest BCUT2D eigenvalue weighted by Gasteiger charge is -2.32. The number of methoxy groups -OCH3 is 1. The van der Waals surface area contributed by atoms with Crippen molar-refractivity contribution < 1.29 is 14.3 Å². The monoisotopic (exact) mass is 445 g/mol. The number of fused-ring (bicyclic) bond motifs is 1. The molecule has 33 heavy (non-hydrogen) atoms. The van der Waals surface area contributed by atoms with E-state index >= 15 is 0 Å². The normalized spacial score (nSPS) is 21.8. The Morgan fingerprint density at radius 2 is 1.88 bits per heavy atom. The molecule has 0 spiro atoms. The largest absolute Gasteiger partial charge is 0.496 e. The third-order valence-electron chi connectivity index (χ3n) is 7.31. The molecule has 6 heteroatoms. The van der Waals surface area contributed by atoms with Gasteiger partial charge in [-0.25, -0.2) is 0 Å². The summed E-state index contributed by atoms with van der Waals surface area (Å²) >= 11 is 0. The minimum atomic E-state index is -0.405. The number of hydrogen-bond donors (Lipinski definition) is 1. The van der Waals surface area contributed by atoms with Gasteiger partial charge in [-0.05, 0) is 68.0 Å². The third kappa shape index (κ3) is 4.27. The summed E-state index contributed by atoms with van der Waals surface area (Å²) in [6.07, 6.45) is 3.55. The van der Waals surface area contributed by atoms with Crippen LogP contribution in [0.15, 0.2) is 54.7 Å². The van der Waals surface area contributed by atoms with Crippen LogP contribution in [0.1, 0.15) is 58.6 Å². The van der Waals surface area contributed by atoms with E-state index in [-0.39, 0.29) is 11.8 Å². The van der Waals surface area contributed by atoms with E-state index in [1.165, 1.54) is 11.1 Å². The summed E-state index contributed by atoms with van der Waals surface area (Å²) in [5, 5.41) is 2.81. The Hall–Kier alpha value is -3.12. The highest BCUT2D eigenvalue weighted by atomic mass is 16.5. The number of hydrogen-bond acceptors (Lipinski definition) is 4. The zero-order valence-corrected chi connectivity index (χ0v) is 19.2. The summed E-state index contributed by atoms with van der Waals surface area (Å²) in [7, 11) is 1.72. The van der Waals surface area contributed by atoms with Crippen molar-refractivity contribution in [3.05, 3.63) is 77.0 Å². The quantitative estimate of drug-likeness (QED) is 0.760. The maximum absolute atomic E-state index is 13.0. The van der Waals surface area contributed by atoms with E-state index in [0.29, 0.717) is 18.9 Å². The Morgan fingerprint density at radius 1 is 1.09 bits per heavy atom. The summed E-state index contributed by atoms with van der Waals surface area (Å²) in [4.78, 5) is 29.6. The van der Waals surface area contributed by atoms with Crippen LogP contribution in [0.3, 0.4) is 0 Å². The molecule has 3 aliphatic rings. The van der Waals surface area contributed by atoms with Crippen molar-refractivity contribution in [2.75, 3.05) is 20.2 Å². The number of benzene rings is 2. The average molecular weight is 446 g/mol. The number of rotatable bonds is 5. The molecule has 1 N–H and O–H groups in total. The van der Waals surface area contributed by atoms with Gasteiger partial charge in [-0.1, -0.05) is 36.9 Å². The summed E-state index contributed by atoms with van der Waals surface area (Å²) < 4.78 is 5.51. The highest BCUT2D eigenvalue weighted by Gasteiger charge is 2.38. The van der Waals surface area contributed by atoms with Gasteiger partial charge in [-0.3, -0.25) is 14.5 Å². The highest BCUT2D eigenvalue weighted by molar-refractivity contribution is 6.01. The number of piperidine rings is 2. The lowest BCUT2D eigenvalue weighted by molar-refractivity contribution is -0.126. The maximum Gasteiger partial charge on any atom is 0.255 e. The fourth-order valence-corrected chi connectivity index (χ4v) is 5.43. The summed E-state index contributed by atoms with van der Waals surface area (Å²) in [5.74, 6) is 1.30. The number of amides is 2. The molecule has 0 aromatic heterocycles. The molecular weight excluding hydrogens is 414 g/mol. The van der Waals surface area contributed by atoms with Crippen LogP contribution in [0.2, 0.25) is 0 Å². The van der Waals surface area contributed by atoms with E-state index in [1.807, 2.05) is 18.2 Å². The Labute approximate surface area is 195 Å². The molecule has 3 heterocycles. The second kappa shape index (κ2) is 9.02. The summed E-state index contributed by atoms with van der Waals surface area (Å²) in [5.41, 5.74) is 5.06. The Balaban J connectivity index is 1.23. The number of nitrogens with one attached hydrogen (secondary N) is 1. The van der Waals surface area contributed by atoms with Gasteiger partial charge in [-0.2, -0.15) is 0 Å². The number of likely N-dealkylation sites (tertiary alicyclic amines) is 1. The van der Waals surface area contributed by atoms with Crippen molar-refractivity contribution in [2.45, 2.75) is 50.7 Å². The van der Waals surface area contributed by atoms with E-state index in [4.69, 9.17) is 4.74 Å². The minimum absolute atomic E-state index is 0.0316. The van der Waals surface area contributed by atoms with Crippen LogP contribution in [-0.4, -0.2) is 47.9 Å². The number of allylic oxidation sites excluding steroid dienone is 1. The molecule has 3 aliphatic heterocycles. The predicted molar refractivity (Wildman–Crippen MR) is 127 cm³/mol. The lowest BCUT2D eigenvalue weighted by atomic mass is 9.87. The zero-order chi connectivity index (χ0) is 22.9. The first-order valence-electron chi connectivity index (χ1n) is 11.8. The Kier molecular flexibility index (Phi) is 5.94. The van der Waals surface area contributed by atoms with Gasteiger partial charge in [0.1, 0.15) is 11.8 Å². The fraction of sp³-hybridized carbons (Fsp3) is 0.407. The van der Waals surface area contributed by atoms with Crippen molar-refractivity contribution in [3.8, 4) is 5.75 Å². The first-order chi connectivity index (χ1) is 16.0. The van der Waals surface area contributed by atoms with E-state index in [9.17, 15) is 9.59 Å². The van der Waals surface area contributed by atoms with E-state index in [2.05, 4.69) is 41.1 Å². The number of carbonyl (C=O) groups is 2. The van der Waals surface area contributed by atoms with Crippen LogP contribution in [0, 0.1) is 0 Å². The predicted octanol–water partition coefficient (Wildman–Crippen LogP) is 3.82. The molecule has 0 bridgehead atoms. The van der Waals surface area contributed by atoms with Gasteiger partial charge in [0.2, 0.25) is 5.91 Å². The van der Waals surface area contributed by atoms with Crippen LogP contribution >= 0.6 is 0 Å². The summed E-state index contributed by atoms with van der Waals surface area (Å²) in [6, 6.07) is 14.1. The molecular formula is C27H31N3O3. The van der Waals surface area contributed by atoms with Crippen molar-refractivity contribution in [1.29, 1.82) is 0 Å². The third-order valence-corrected chi connectivity index (χ3v) is 7.31. The molecule has 6 nitrogen and oxygen atoms in total. The molecule has 5 rings (SSSR count). The molecule has 0 radical (unpaired) electrons. The van der Waals surface area contributed by atoms with Crippen LogP contribution < -0.4 is 10.1 Å². The van der Waals surface area contributed by atoms with E-state index in [1.54, 1.807) is 12.0 Å². The van der Waals surface area contributed by atoms with Gasteiger partial charge in [0.05, 0.1) is 7.11 Å². The van der Waals surface area contributed by atoms with Gasteiger partial charge in [0, 0.05) is 29.9 Å². The lowest BCUT2D eigenvalue weighted by Crippen LogP contribution is -2.49. The number of carbonyl (C=O) groups excluding carboxylic acids is 2. The SMILES string of the molecule is C=C1CCC(N2Cc3cc(C4CCN(Cc5ccccc5OC)CC4)ccc3C2=O)C(=O)N1. The molecule has 1 atom stereocenters. The molecule has 2 fully saturated rings. The van der Waals surface area contributed by atoms with Crippen LogP contribution in [-0.2, 0) is 17.9 Å². The van der Waals surface area contributed by atoms with Gasteiger partial charge in [-0.15, -0.1) is 0 Å². The molecule has 2 amide bonds. The van der Waals surface area contributed by atoms with Gasteiger partial charge in [0.25, 0.3) is 5.91 Å². The van der Waals surface area contributed by atoms with Crippen molar-refractivity contribution in [3.63, 3.8) is 0 Å².